The second-order valence-corrected chi connectivity index (χ2v) is 8.82. The van der Waals surface area contributed by atoms with Gasteiger partial charge in [-0.05, 0) is 23.3 Å². The number of benzene rings is 4. The van der Waals surface area contributed by atoms with Gasteiger partial charge in [-0.25, -0.2) is 4.98 Å². The van der Waals surface area contributed by atoms with Gasteiger partial charge in [-0.15, -0.1) is 0 Å². The molecule has 0 aliphatic carbocycles. The van der Waals surface area contributed by atoms with Gasteiger partial charge in [0.05, 0.1) is 0 Å². The maximum Gasteiger partial charge on any atom is 0.161 e. The summed E-state index contributed by atoms with van der Waals surface area (Å²) in [6.07, 6.45) is 2.05. The highest BCUT2D eigenvalue weighted by Crippen LogP contribution is 2.44. The van der Waals surface area contributed by atoms with Crippen LogP contribution >= 0.6 is 0 Å². The zero-order valence-corrected chi connectivity index (χ0v) is 19.5. The Morgan fingerprint density at radius 1 is 0.500 bits per heavy atom. The molecule has 7 aromatic rings. The van der Waals surface area contributed by atoms with E-state index in [0.717, 1.165) is 61.6 Å². The van der Waals surface area contributed by atoms with Gasteiger partial charge in [0.15, 0.2) is 5.76 Å². The van der Waals surface area contributed by atoms with Crippen LogP contribution in [0.15, 0.2) is 138 Å². The van der Waals surface area contributed by atoms with Crippen molar-refractivity contribution in [2.45, 2.75) is 0 Å². The Morgan fingerprint density at radius 3 is 1.83 bits per heavy atom. The third-order valence-corrected chi connectivity index (χ3v) is 6.67. The van der Waals surface area contributed by atoms with Crippen LogP contribution in [0, 0.1) is 0 Å². The van der Waals surface area contributed by atoms with E-state index < -0.39 is 0 Å². The van der Waals surface area contributed by atoms with Crippen LogP contribution in [0.1, 0.15) is 0 Å². The number of nitrogens with zero attached hydrogens (tertiary/aromatic N) is 2. The molecule has 0 aliphatic heterocycles. The highest BCUT2D eigenvalue weighted by molar-refractivity contribution is 6.06. The quantitative estimate of drug-likeness (QED) is 0.262. The number of pyridine rings is 1. The van der Waals surface area contributed by atoms with Crippen molar-refractivity contribution in [3.63, 3.8) is 0 Å². The van der Waals surface area contributed by atoms with Crippen LogP contribution in [0.5, 0.6) is 0 Å². The van der Waals surface area contributed by atoms with Crippen molar-refractivity contribution >= 4 is 16.4 Å². The normalized spacial score (nSPS) is 11.3. The lowest BCUT2D eigenvalue weighted by molar-refractivity contribution is 0.599. The molecule has 4 aromatic carbocycles. The summed E-state index contributed by atoms with van der Waals surface area (Å²) in [5, 5.41) is 2.15. The molecule has 7 rings (SSSR count). The van der Waals surface area contributed by atoms with E-state index in [1.165, 1.54) is 0 Å². The first-order chi connectivity index (χ1) is 17.9. The average Bonchev–Trinajstić information content (AvgIpc) is 3.53. The molecular formula is C33H22N2O. The van der Waals surface area contributed by atoms with Gasteiger partial charge in [-0.1, -0.05) is 115 Å². The van der Waals surface area contributed by atoms with Crippen LogP contribution in [0.2, 0.25) is 0 Å². The molecule has 170 valence electrons. The van der Waals surface area contributed by atoms with Gasteiger partial charge in [0, 0.05) is 28.1 Å². The van der Waals surface area contributed by atoms with Crippen molar-refractivity contribution in [2.24, 2.45) is 0 Å². The number of imidazole rings is 1. The first-order valence-electron chi connectivity index (χ1n) is 12.1. The minimum Gasteiger partial charge on any atom is -0.453 e. The fourth-order valence-corrected chi connectivity index (χ4v) is 5.03. The summed E-state index contributed by atoms with van der Waals surface area (Å²) >= 11 is 0. The van der Waals surface area contributed by atoms with Crippen LogP contribution in [-0.4, -0.2) is 9.38 Å². The predicted molar refractivity (Wildman–Crippen MR) is 147 cm³/mol. The van der Waals surface area contributed by atoms with Crippen molar-refractivity contribution in [1.82, 2.24) is 9.38 Å². The number of aromatic nitrogens is 2. The maximum absolute atomic E-state index is 6.87. The van der Waals surface area contributed by atoms with E-state index in [0.29, 0.717) is 0 Å². The fraction of sp³-hybridized carbons (Fsp3) is 0. The highest BCUT2D eigenvalue weighted by atomic mass is 16.3. The molecule has 0 aliphatic rings. The summed E-state index contributed by atoms with van der Waals surface area (Å²) in [6, 6.07) is 43.7. The smallest absolute Gasteiger partial charge is 0.161 e. The molecule has 3 heterocycles. The molecule has 0 fully saturated rings. The largest absolute Gasteiger partial charge is 0.453 e. The van der Waals surface area contributed by atoms with E-state index in [1.807, 2.05) is 42.5 Å². The summed E-state index contributed by atoms with van der Waals surface area (Å²) in [6.45, 7) is 0. The lowest BCUT2D eigenvalue weighted by atomic mass is 9.96. The summed E-state index contributed by atoms with van der Waals surface area (Å²) in [4.78, 5) is 5.02. The SMILES string of the molecule is c1ccc(-c2ccccc2-c2oc(-c3c(-c4ccccc4)nc4ccccn34)c3ccccc23)cc1. The Hall–Kier alpha value is -4.89. The average molecular weight is 463 g/mol. The van der Waals surface area contributed by atoms with Crippen molar-refractivity contribution in [1.29, 1.82) is 0 Å². The first-order valence-corrected chi connectivity index (χ1v) is 12.1. The Balaban J connectivity index is 1.54. The highest BCUT2D eigenvalue weighted by Gasteiger charge is 2.24. The van der Waals surface area contributed by atoms with Crippen LogP contribution in [0.3, 0.4) is 0 Å². The standard InChI is InChI=1S/C33H22N2O/c1-3-13-23(14-4-1)25-17-7-8-18-26(25)32-27-19-9-10-20-28(27)33(36-32)31-30(24-15-5-2-6-16-24)34-29-21-11-12-22-35(29)31/h1-22H. The van der Waals surface area contributed by atoms with Gasteiger partial charge in [0.2, 0.25) is 0 Å². The van der Waals surface area contributed by atoms with E-state index >= 15 is 0 Å². The lowest BCUT2D eigenvalue weighted by Gasteiger charge is -2.08. The minimum atomic E-state index is 0.820. The number of hydrogen-bond acceptors (Lipinski definition) is 2. The van der Waals surface area contributed by atoms with Gasteiger partial charge in [0.25, 0.3) is 0 Å². The van der Waals surface area contributed by atoms with E-state index in [-0.39, 0.29) is 0 Å². The van der Waals surface area contributed by atoms with Crippen LogP contribution in [-0.2, 0) is 0 Å². The predicted octanol–water partition coefficient (Wildman–Crippen LogP) is 8.75. The van der Waals surface area contributed by atoms with E-state index in [4.69, 9.17) is 9.40 Å². The summed E-state index contributed by atoms with van der Waals surface area (Å²) in [5.41, 5.74) is 7.18. The second-order valence-electron chi connectivity index (χ2n) is 8.82. The van der Waals surface area contributed by atoms with Gasteiger partial charge >= 0.3 is 0 Å². The topological polar surface area (TPSA) is 30.4 Å². The molecule has 0 atom stereocenters. The van der Waals surface area contributed by atoms with Crippen LogP contribution < -0.4 is 0 Å². The monoisotopic (exact) mass is 462 g/mol. The molecule has 36 heavy (non-hydrogen) atoms. The molecule has 0 saturated carbocycles. The number of rotatable bonds is 4. The molecule has 0 saturated heterocycles. The van der Waals surface area contributed by atoms with Gasteiger partial charge in [0.1, 0.15) is 22.8 Å². The van der Waals surface area contributed by atoms with Crippen molar-refractivity contribution in [3.05, 3.63) is 134 Å². The Kier molecular flexibility index (Phi) is 4.78. The first kappa shape index (κ1) is 20.5. The van der Waals surface area contributed by atoms with Gasteiger partial charge < -0.3 is 4.42 Å². The third kappa shape index (κ3) is 3.25. The molecule has 3 nitrogen and oxygen atoms in total. The zero-order valence-electron chi connectivity index (χ0n) is 19.5. The molecular weight excluding hydrogens is 440 g/mol. The maximum atomic E-state index is 6.87. The molecule has 3 aromatic heterocycles. The second kappa shape index (κ2) is 8.40. The van der Waals surface area contributed by atoms with E-state index in [1.54, 1.807) is 0 Å². The van der Waals surface area contributed by atoms with E-state index in [9.17, 15) is 0 Å². The number of furan rings is 1. The molecule has 0 bridgehead atoms. The van der Waals surface area contributed by atoms with Gasteiger partial charge in [-0.3, -0.25) is 4.40 Å². The third-order valence-electron chi connectivity index (χ3n) is 6.67. The summed E-state index contributed by atoms with van der Waals surface area (Å²) in [5.74, 6) is 1.69. The molecule has 0 amide bonds. The molecule has 0 radical (unpaired) electrons. The van der Waals surface area contributed by atoms with Crippen LogP contribution in [0.4, 0.5) is 0 Å². The summed E-state index contributed by atoms with van der Waals surface area (Å²) in [7, 11) is 0. The number of fused-ring (bicyclic) bond motifs is 2. The minimum absolute atomic E-state index is 0.820. The lowest BCUT2D eigenvalue weighted by Crippen LogP contribution is -1.88. The molecule has 0 unspecified atom stereocenters. The summed E-state index contributed by atoms with van der Waals surface area (Å²) < 4.78 is 8.99. The van der Waals surface area contributed by atoms with E-state index in [2.05, 4.69) is 95.5 Å². The van der Waals surface area contributed by atoms with Crippen molar-refractivity contribution < 1.29 is 4.42 Å². The Bertz CT molecular complexity index is 1830. The Labute approximate surface area is 208 Å². The molecule has 0 spiro atoms. The Morgan fingerprint density at radius 2 is 1.08 bits per heavy atom. The van der Waals surface area contributed by atoms with Crippen molar-refractivity contribution in [3.8, 4) is 45.2 Å². The number of hydrogen-bond donors (Lipinski definition) is 0. The van der Waals surface area contributed by atoms with Crippen molar-refractivity contribution in [2.75, 3.05) is 0 Å². The van der Waals surface area contributed by atoms with Gasteiger partial charge in [-0.2, -0.15) is 0 Å². The fourth-order valence-electron chi connectivity index (χ4n) is 5.03. The van der Waals surface area contributed by atoms with Crippen LogP contribution in [0.25, 0.3) is 61.6 Å². The molecule has 0 N–H and O–H groups in total. The molecule has 3 heteroatoms. The zero-order chi connectivity index (χ0) is 23.9.